The Kier molecular flexibility index (Phi) is 5.99. The number of hydrogen-bond acceptors (Lipinski definition) is 5. The fourth-order valence-corrected chi connectivity index (χ4v) is 3.63. The van der Waals surface area contributed by atoms with Crippen molar-refractivity contribution in [3.63, 3.8) is 0 Å². The number of para-hydroxylation sites is 1. The Morgan fingerprint density at radius 2 is 2.16 bits per heavy atom. The van der Waals surface area contributed by atoms with Gasteiger partial charge in [0.2, 0.25) is 5.91 Å². The highest BCUT2D eigenvalue weighted by molar-refractivity contribution is 7.99. The molecule has 1 unspecified atom stereocenters. The first-order valence-electron chi connectivity index (χ1n) is 8.15. The topological polar surface area (TPSA) is 59.8 Å². The number of nitrogens with zero attached hydrogens (tertiary/aromatic N) is 3. The van der Waals surface area contributed by atoms with Crippen molar-refractivity contribution in [2.24, 2.45) is 0 Å². The number of nitrogens with one attached hydrogen (secondary N) is 1. The molecule has 2 aromatic rings. The summed E-state index contributed by atoms with van der Waals surface area (Å²) in [4.78, 5) is 13.1. The van der Waals surface area contributed by atoms with Gasteiger partial charge in [0, 0.05) is 18.2 Å². The summed E-state index contributed by atoms with van der Waals surface area (Å²) in [5.74, 6) is 1.38. The zero-order chi connectivity index (χ0) is 17.6. The molecule has 1 atom stereocenters. The highest BCUT2D eigenvalue weighted by Gasteiger charge is 2.20. The number of rotatable bonds is 6. The molecule has 1 aromatic carbocycles. The molecule has 0 aliphatic heterocycles. The fraction of sp³-hybridized carbons (Fsp3) is 0.278. The highest BCUT2D eigenvalue weighted by atomic mass is 32.2. The number of thiol groups is 1. The number of thioether (sulfide) groups is 1. The molecule has 0 saturated carbocycles. The number of amides is 1. The van der Waals surface area contributed by atoms with Crippen LogP contribution in [-0.4, -0.2) is 26.4 Å². The highest BCUT2D eigenvalue weighted by Crippen LogP contribution is 2.29. The van der Waals surface area contributed by atoms with Crippen molar-refractivity contribution in [1.82, 2.24) is 14.8 Å². The van der Waals surface area contributed by atoms with Gasteiger partial charge in [0.05, 0.1) is 5.75 Å². The second-order valence-corrected chi connectivity index (χ2v) is 7.08. The fourth-order valence-electron chi connectivity index (χ4n) is 2.63. The molecule has 0 saturated heterocycles. The zero-order valence-corrected chi connectivity index (χ0v) is 15.6. The molecule has 25 heavy (non-hydrogen) atoms. The minimum atomic E-state index is -0.0522. The van der Waals surface area contributed by atoms with Gasteiger partial charge in [0.1, 0.15) is 5.82 Å². The Morgan fingerprint density at radius 1 is 1.36 bits per heavy atom. The molecule has 3 rings (SSSR count). The first-order valence-corrected chi connectivity index (χ1v) is 9.58. The van der Waals surface area contributed by atoms with Gasteiger partial charge in [-0.25, -0.2) is 0 Å². The quantitative estimate of drug-likeness (QED) is 0.597. The number of allylic oxidation sites excluding steroid dienone is 3. The molecular formula is C18H20N4OS2. The van der Waals surface area contributed by atoms with E-state index in [2.05, 4.69) is 51.8 Å². The molecule has 7 heteroatoms. The van der Waals surface area contributed by atoms with Crippen LogP contribution in [0.2, 0.25) is 0 Å². The van der Waals surface area contributed by atoms with E-state index >= 15 is 0 Å². The molecule has 1 heterocycles. The van der Waals surface area contributed by atoms with Crippen molar-refractivity contribution in [3.05, 3.63) is 59.3 Å². The lowest BCUT2D eigenvalue weighted by Crippen LogP contribution is -2.15. The van der Waals surface area contributed by atoms with Crippen LogP contribution in [0.1, 0.15) is 25.1 Å². The Hall–Kier alpha value is -1.99. The van der Waals surface area contributed by atoms with Crippen LogP contribution in [0.25, 0.3) is 0 Å². The summed E-state index contributed by atoms with van der Waals surface area (Å²) in [7, 11) is 0. The molecule has 0 bridgehead atoms. The summed E-state index contributed by atoms with van der Waals surface area (Å²) in [5, 5.41) is 12.3. The molecule has 130 valence electrons. The molecule has 5 nitrogen and oxygen atoms in total. The van der Waals surface area contributed by atoms with Gasteiger partial charge < -0.3 is 9.88 Å². The summed E-state index contributed by atoms with van der Waals surface area (Å²) in [6, 6.07) is 9.44. The lowest BCUT2D eigenvalue weighted by molar-refractivity contribution is -0.113. The van der Waals surface area contributed by atoms with Crippen LogP contribution in [0, 0.1) is 0 Å². The first kappa shape index (κ1) is 17.8. The van der Waals surface area contributed by atoms with Crippen molar-refractivity contribution in [2.75, 3.05) is 11.1 Å². The van der Waals surface area contributed by atoms with Crippen molar-refractivity contribution >= 4 is 36.0 Å². The van der Waals surface area contributed by atoms with Crippen LogP contribution in [0.15, 0.2) is 58.6 Å². The Bertz CT molecular complexity index is 799. The maximum atomic E-state index is 12.1. The molecule has 0 radical (unpaired) electrons. The molecule has 1 aliphatic carbocycles. The van der Waals surface area contributed by atoms with Crippen molar-refractivity contribution in [2.45, 2.75) is 31.0 Å². The Labute approximate surface area is 157 Å². The van der Waals surface area contributed by atoms with E-state index in [4.69, 9.17) is 0 Å². The summed E-state index contributed by atoms with van der Waals surface area (Å²) in [5.41, 5.74) is 0.799. The number of hydrogen-bond donors (Lipinski definition) is 2. The number of anilines is 1. The minimum Gasteiger partial charge on any atom is -0.325 e. The van der Waals surface area contributed by atoms with Gasteiger partial charge in [-0.2, -0.15) is 0 Å². The van der Waals surface area contributed by atoms with Gasteiger partial charge in [0.25, 0.3) is 0 Å². The van der Waals surface area contributed by atoms with Crippen LogP contribution < -0.4 is 5.32 Å². The smallest absolute Gasteiger partial charge is 0.234 e. The number of benzene rings is 1. The van der Waals surface area contributed by atoms with Crippen molar-refractivity contribution in [1.29, 1.82) is 0 Å². The van der Waals surface area contributed by atoms with E-state index in [1.807, 2.05) is 36.4 Å². The number of aromatic nitrogens is 3. The average molecular weight is 373 g/mol. The third-order valence-corrected chi connectivity index (χ3v) is 5.16. The monoisotopic (exact) mass is 372 g/mol. The average Bonchev–Trinajstić information content (AvgIpc) is 3.04. The second kappa shape index (κ2) is 8.40. The molecular weight excluding hydrogens is 352 g/mol. The maximum absolute atomic E-state index is 12.1. The summed E-state index contributed by atoms with van der Waals surface area (Å²) in [6.45, 7) is 2.83. The van der Waals surface area contributed by atoms with Crippen LogP contribution in [0.3, 0.4) is 0 Å². The summed E-state index contributed by atoms with van der Waals surface area (Å²) < 4.78 is 2.08. The molecule has 1 amide bonds. The Morgan fingerprint density at radius 3 is 2.84 bits per heavy atom. The SMILES string of the molecule is CCn1c(SCC(=O)Nc2ccccc2)nnc1C1C=CC(S)=CC1. The van der Waals surface area contributed by atoms with Gasteiger partial charge in [0.15, 0.2) is 5.16 Å². The van der Waals surface area contributed by atoms with Gasteiger partial charge in [-0.15, -0.1) is 22.8 Å². The van der Waals surface area contributed by atoms with Crippen LogP contribution in [0.4, 0.5) is 5.69 Å². The van der Waals surface area contributed by atoms with E-state index in [0.29, 0.717) is 5.75 Å². The van der Waals surface area contributed by atoms with Crippen molar-refractivity contribution in [3.8, 4) is 0 Å². The minimum absolute atomic E-state index is 0.0522. The molecule has 1 aliphatic rings. The van der Waals surface area contributed by atoms with E-state index < -0.39 is 0 Å². The largest absolute Gasteiger partial charge is 0.325 e. The Balaban J connectivity index is 1.63. The van der Waals surface area contributed by atoms with Gasteiger partial charge in [-0.1, -0.05) is 48.2 Å². The van der Waals surface area contributed by atoms with Crippen LogP contribution in [0.5, 0.6) is 0 Å². The summed E-state index contributed by atoms with van der Waals surface area (Å²) >= 11 is 5.76. The van der Waals surface area contributed by atoms with E-state index in [0.717, 1.165) is 34.5 Å². The van der Waals surface area contributed by atoms with E-state index in [-0.39, 0.29) is 11.8 Å². The van der Waals surface area contributed by atoms with Crippen molar-refractivity contribution < 1.29 is 4.79 Å². The number of carbonyl (C=O) groups excluding carboxylic acids is 1. The molecule has 0 fully saturated rings. The van der Waals surface area contributed by atoms with E-state index in [9.17, 15) is 4.79 Å². The molecule has 1 N–H and O–H groups in total. The molecule has 1 aromatic heterocycles. The van der Waals surface area contributed by atoms with E-state index in [1.165, 1.54) is 11.8 Å². The van der Waals surface area contributed by atoms with Gasteiger partial charge in [-0.3, -0.25) is 4.79 Å². The van der Waals surface area contributed by atoms with E-state index in [1.54, 1.807) is 0 Å². The predicted molar refractivity (Wildman–Crippen MR) is 105 cm³/mol. The molecule has 0 spiro atoms. The van der Waals surface area contributed by atoms with Crippen LogP contribution >= 0.6 is 24.4 Å². The third kappa shape index (κ3) is 4.55. The zero-order valence-electron chi connectivity index (χ0n) is 13.9. The van der Waals surface area contributed by atoms with Crippen LogP contribution in [-0.2, 0) is 11.3 Å². The van der Waals surface area contributed by atoms with Gasteiger partial charge in [-0.05, 0) is 30.4 Å². The normalized spacial score (nSPS) is 16.6. The summed E-state index contributed by atoms with van der Waals surface area (Å²) in [6.07, 6.45) is 7.05. The second-order valence-electron chi connectivity index (χ2n) is 5.62. The van der Waals surface area contributed by atoms with Gasteiger partial charge >= 0.3 is 0 Å². The third-order valence-electron chi connectivity index (χ3n) is 3.86. The first-order chi connectivity index (χ1) is 12.2. The predicted octanol–water partition coefficient (Wildman–Crippen LogP) is 3.89. The number of carbonyl (C=O) groups is 1. The standard InChI is InChI=1S/C18H20N4OS2/c1-2-22-17(13-8-10-15(24)11-9-13)20-21-18(22)25-12-16(23)19-14-6-4-3-5-7-14/h3-8,10-11,13,24H,2,9,12H2,1H3,(H,19,23). The maximum Gasteiger partial charge on any atom is 0.234 e. The lowest BCUT2D eigenvalue weighted by atomic mass is 10.00. The lowest BCUT2D eigenvalue weighted by Gasteiger charge is -2.15.